The number of nitrogens with two attached hydrogens (primary N) is 1. The highest BCUT2D eigenvalue weighted by atomic mass is 16.2. The molecule has 1 amide bonds. The van der Waals surface area contributed by atoms with E-state index in [2.05, 4.69) is 4.98 Å². The quantitative estimate of drug-likeness (QED) is 0.725. The number of carbonyl (C=O) groups excluding carboxylic acids is 1. The molecule has 0 saturated heterocycles. The maximum atomic E-state index is 11.6. The van der Waals surface area contributed by atoms with E-state index in [1.807, 2.05) is 6.92 Å². The molecule has 5 nitrogen and oxygen atoms in total. The number of carbonyl (C=O) groups is 1. The van der Waals surface area contributed by atoms with Crippen LogP contribution in [0.15, 0.2) is 31.1 Å². The maximum Gasteiger partial charge on any atom is 0.333 e. The normalized spacial score (nSPS) is 10.5. The minimum Gasteiger partial charge on any atom is -0.403 e. The van der Waals surface area contributed by atoms with Gasteiger partial charge in [0.05, 0.1) is 0 Å². The van der Waals surface area contributed by atoms with E-state index in [1.54, 1.807) is 12.4 Å². The van der Waals surface area contributed by atoms with Crippen molar-refractivity contribution < 1.29 is 4.79 Å². The monoisotopic (exact) mass is 180 g/mol. The standard InChI is InChI=1S/C8H12N4O/c1-2-11(5-3-9)8(13)12-6-4-10-7-12/h3-7H,2,9H2,1H3/b5-3-. The first-order chi connectivity index (χ1) is 6.29. The highest BCUT2D eigenvalue weighted by molar-refractivity contribution is 5.77. The summed E-state index contributed by atoms with van der Waals surface area (Å²) in [5, 5.41) is 0. The van der Waals surface area contributed by atoms with Crippen LogP contribution in [-0.2, 0) is 0 Å². The Kier molecular flexibility index (Phi) is 3.08. The van der Waals surface area contributed by atoms with Crippen LogP contribution in [0, 0.1) is 0 Å². The second-order valence-electron chi connectivity index (χ2n) is 2.38. The van der Waals surface area contributed by atoms with Gasteiger partial charge in [0.2, 0.25) is 0 Å². The number of hydrogen-bond donors (Lipinski definition) is 1. The van der Waals surface area contributed by atoms with E-state index in [-0.39, 0.29) is 6.03 Å². The number of hydrogen-bond acceptors (Lipinski definition) is 3. The minimum absolute atomic E-state index is 0.165. The molecule has 0 fully saturated rings. The Bertz CT molecular complexity index is 291. The lowest BCUT2D eigenvalue weighted by Crippen LogP contribution is -2.29. The van der Waals surface area contributed by atoms with Crippen LogP contribution in [0.2, 0.25) is 0 Å². The molecule has 1 aromatic rings. The molecular formula is C8H12N4O. The van der Waals surface area contributed by atoms with Gasteiger partial charge in [0.1, 0.15) is 6.33 Å². The van der Waals surface area contributed by atoms with E-state index in [0.717, 1.165) is 0 Å². The molecule has 0 unspecified atom stereocenters. The van der Waals surface area contributed by atoms with Crippen LogP contribution in [-0.4, -0.2) is 27.0 Å². The average molecular weight is 180 g/mol. The molecule has 0 aliphatic carbocycles. The first kappa shape index (κ1) is 9.31. The summed E-state index contributed by atoms with van der Waals surface area (Å²) in [6.45, 7) is 2.44. The van der Waals surface area contributed by atoms with E-state index >= 15 is 0 Å². The second kappa shape index (κ2) is 4.30. The van der Waals surface area contributed by atoms with Gasteiger partial charge >= 0.3 is 6.03 Å². The van der Waals surface area contributed by atoms with Gasteiger partial charge in [0, 0.05) is 31.3 Å². The molecule has 5 heteroatoms. The molecule has 13 heavy (non-hydrogen) atoms. The third-order valence-corrected chi connectivity index (χ3v) is 1.58. The zero-order valence-electron chi connectivity index (χ0n) is 7.42. The fourth-order valence-electron chi connectivity index (χ4n) is 0.929. The molecule has 70 valence electrons. The highest BCUT2D eigenvalue weighted by Gasteiger charge is 2.09. The van der Waals surface area contributed by atoms with Crippen molar-refractivity contribution in [3.63, 3.8) is 0 Å². The van der Waals surface area contributed by atoms with Crippen LogP contribution < -0.4 is 5.73 Å². The molecular weight excluding hydrogens is 168 g/mol. The summed E-state index contributed by atoms with van der Waals surface area (Å²) in [5.74, 6) is 0. The van der Waals surface area contributed by atoms with Gasteiger partial charge < -0.3 is 5.73 Å². The van der Waals surface area contributed by atoms with E-state index in [0.29, 0.717) is 6.54 Å². The Morgan fingerprint density at radius 1 is 1.77 bits per heavy atom. The van der Waals surface area contributed by atoms with Gasteiger partial charge in [-0.05, 0) is 6.92 Å². The second-order valence-corrected chi connectivity index (χ2v) is 2.38. The molecule has 0 spiro atoms. The van der Waals surface area contributed by atoms with Crippen molar-refractivity contribution in [2.75, 3.05) is 6.54 Å². The van der Waals surface area contributed by atoms with E-state index in [4.69, 9.17) is 5.73 Å². The van der Waals surface area contributed by atoms with Gasteiger partial charge in [0.25, 0.3) is 0 Å². The van der Waals surface area contributed by atoms with Crippen LogP contribution in [0.5, 0.6) is 0 Å². The smallest absolute Gasteiger partial charge is 0.333 e. The number of aromatic nitrogens is 2. The van der Waals surface area contributed by atoms with E-state index in [1.165, 1.54) is 28.2 Å². The van der Waals surface area contributed by atoms with Gasteiger partial charge in [-0.25, -0.2) is 9.78 Å². The number of amides is 1. The van der Waals surface area contributed by atoms with Crippen molar-refractivity contribution in [3.05, 3.63) is 31.1 Å². The maximum absolute atomic E-state index is 11.6. The molecule has 0 aromatic carbocycles. The SMILES string of the molecule is CCN(/C=C\N)C(=O)n1ccnc1. The Hall–Kier alpha value is -1.78. The Labute approximate surface area is 76.5 Å². The average Bonchev–Trinajstić information content (AvgIpc) is 2.65. The van der Waals surface area contributed by atoms with Gasteiger partial charge in [0.15, 0.2) is 0 Å². The Morgan fingerprint density at radius 2 is 2.54 bits per heavy atom. The fraction of sp³-hybridized carbons (Fsp3) is 0.250. The zero-order chi connectivity index (χ0) is 9.68. The first-order valence-electron chi connectivity index (χ1n) is 3.97. The molecule has 0 saturated carbocycles. The first-order valence-corrected chi connectivity index (χ1v) is 3.97. The van der Waals surface area contributed by atoms with E-state index in [9.17, 15) is 4.79 Å². The minimum atomic E-state index is -0.165. The number of imidazole rings is 1. The van der Waals surface area contributed by atoms with Crippen LogP contribution in [0.4, 0.5) is 4.79 Å². The van der Waals surface area contributed by atoms with Crippen LogP contribution >= 0.6 is 0 Å². The molecule has 0 bridgehead atoms. The fourth-order valence-corrected chi connectivity index (χ4v) is 0.929. The topological polar surface area (TPSA) is 64.2 Å². The summed E-state index contributed by atoms with van der Waals surface area (Å²) < 4.78 is 1.39. The van der Waals surface area contributed by atoms with Crippen molar-refractivity contribution in [3.8, 4) is 0 Å². The summed E-state index contributed by atoms with van der Waals surface area (Å²) in [6, 6.07) is -0.165. The predicted molar refractivity (Wildman–Crippen MR) is 48.7 cm³/mol. The summed E-state index contributed by atoms with van der Waals surface area (Å²) in [6.07, 6.45) is 7.46. The summed E-state index contributed by atoms with van der Waals surface area (Å²) in [4.78, 5) is 16.8. The molecule has 0 atom stereocenters. The van der Waals surface area contributed by atoms with Gasteiger partial charge in [-0.3, -0.25) is 9.47 Å². The molecule has 0 radical (unpaired) electrons. The lowest BCUT2D eigenvalue weighted by molar-refractivity contribution is 0.218. The predicted octanol–water partition coefficient (Wildman–Crippen LogP) is 0.603. The molecule has 0 aliphatic rings. The summed E-state index contributed by atoms with van der Waals surface area (Å²) >= 11 is 0. The lowest BCUT2D eigenvalue weighted by Gasteiger charge is -2.15. The zero-order valence-corrected chi connectivity index (χ0v) is 7.42. The lowest BCUT2D eigenvalue weighted by atomic mass is 10.6. The summed E-state index contributed by atoms with van der Waals surface area (Å²) in [5.41, 5.74) is 5.20. The van der Waals surface area contributed by atoms with Crippen molar-refractivity contribution in [2.45, 2.75) is 6.92 Å². The summed E-state index contributed by atoms with van der Waals surface area (Å²) in [7, 11) is 0. The van der Waals surface area contributed by atoms with Crippen molar-refractivity contribution >= 4 is 6.03 Å². The van der Waals surface area contributed by atoms with Gasteiger partial charge in [-0.2, -0.15) is 0 Å². The van der Waals surface area contributed by atoms with Gasteiger partial charge in [-0.15, -0.1) is 0 Å². The van der Waals surface area contributed by atoms with Crippen LogP contribution in [0.25, 0.3) is 0 Å². The van der Waals surface area contributed by atoms with Crippen LogP contribution in [0.3, 0.4) is 0 Å². The van der Waals surface area contributed by atoms with Crippen molar-refractivity contribution in [2.24, 2.45) is 5.73 Å². The largest absolute Gasteiger partial charge is 0.403 e. The van der Waals surface area contributed by atoms with Gasteiger partial charge in [-0.1, -0.05) is 0 Å². The van der Waals surface area contributed by atoms with Crippen LogP contribution in [0.1, 0.15) is 6.92 Å². The third kappa shape index (κ3) is 2.08. The molecule has 1 rings (SSSR count). The molecule has 2 N–H and O–H groups in total. The van der Waals surface area contributed by atoms with Crippen molar-refractivity contribution in [1.82, 2.24) is 14.5 Å². The van der Waals surface area contributed by atoms with E-state index < -0.39 is 0 Å². The van der Waals surface area contributed by atoms with Crippen molar-refractivity contribution in [1.29, 1.82) is 0 Å². The molecule has 1 heterocycles. The Balaban J connectivity index is 2.76. The third-order valence-electron chi connectivity index (χ3n) is 1.58. The highest BCUT2D eigenvalue weighted by Crippen LogP contribution is 1.96. The number of nitrogens with zero attached hydrogens (tertiary/aromatic N) is 3. The Morgan fingerprint density at radius 3 is 3.00 bits per heavy atom. The molecule has 0 aliphatic heterocycles. The number of rotatable bonds is 2. The molecule has 1 aromatic heterocycles.